The van der Waals surface area contributed by atoms with E-state index < -0.39 is 0 Å². The van der Waals surface area contributed by atoms with Crippen molar-refractivity contribution in [2.45, 2.75) is 51.6 Å². The number of aromatic nitrogens is 2. The lowest BCUT2D eigenvalue weighted by Gasteiger charge is -2.25. The average Bonchev–Trinajstić information content (AvgIpc) is 3.42. The Labute approximate surface area is 209 Å². The molecule has 7 heteroatoms. The van der Waals surface area contributed by atoms with Crippen LogP contribution in [0.25, 0.3) is 0 Å². The highest BCUT2D eigenvalue weighted by molar-refractivity contribution is 14.0. The molecule has 2 aliphatic rings. The molecule has 1 fully saturated rings. The molecule has 2 atom stereocenters. The van der Waals surface area contributed by atoms with Gasteiger partial charge in [0.25, 0.3) is 0 Å². The molecule has 6 nitrogen and oxygen atoms in total. The van der Waals surface area contributed by atoms with Gasteiger partial charge in [-0.25, -0.2) is 0 Å². The maximum absolute atomic E-state index is 6.25. The van der Waals surface area contributed by atoms with E-state index in [1.165, 1.54) is 36.0 Å². The van der Waals surface area contributed by atoms with Gasteiger partial charge in [-0.3, -0.25) is 9.67 Å². The monoisotopic (exact) mass is 551 g/mol. The lowest BCUT2D eigenvalue weighted by atomic mass is 9.89. The third kappa shape index (κ3) is 6.70. The number of hydrogen-bond acceptors (Lipinski definition) is 3. The molecule has 1 aromatic heterocycles. The zero-order valence-corrected chi connectivity index (χ0v) is 21.8. The molecule has 1 N–H and O–H groups in total. The number of aryl methyl sites for hydroxylation is 2. The highest BCUT2D eigenvalue weighted by Crippen LogP contribution is 2.32. The maximum Gasteiger partial charge on any atom is 0.193 e. The number of ether oxygens (including phenoxy) is 1. The van der Waals surface area contributed by atoms with Gasteiger partial charge in [0, 0.05) is 46.0 Å². The lowest BCUT2D eigenvalue weighted by molar-refractivity contribution is 0.0402. The summed E-state index contributed by atoms with van der Waals surface area (Å²) in [7, 11) is 1.98. The van der Waals surface area contributed by atoms with Crippen LogP contribution in [0, 0.1) is 5.92 Å². The fraction of sp³-hybridized carbons (Fsp3) is 0.600. The third-order valence-corrected chi connectivity index (χ3v) is 6.40. The van der Waals surface area contributed by atoms with Crippen molar-refractivity contribution in [3.8, 4) is 0 Å². The fourth-order valence-corrected chi connectivity index (χ4v) is 4.89. The number of guanidine groups is 1. The van der Waals surface area contributed by atoms with Gasteiger partial charge in [0.1, 0.15) is 0 Å². The number of aliphatic imine (C=N–C) groups is 1. The van der Waals surface area contributed by atoms with E-state index in [2.05, 4.69) is 52.7 Å². The smallest absolute Gasteiger partial charge is 0.193 e. The minimum Gasteiger partial charge on any atom is -0.373 e. The predicted octanol–water partition coefficient (Wildman–Crippen LogP) is 4.35. The average molecular weight is 552 g/mol. The quantitative estimate of drug-likeness (QED) is 0.230. The Bertz CT molecular complexity index is 868. The van der Waals surface area contributed by atoms with Crippen LogP contribution in [-0.2, 0) is 24.6 Å². The normalized spacial score (nSPS) is 20.7. The Morgan fingerprint density at radius 1 is 1.28 bits per heavy atom. The van der Waals surface area contributed by atoms with Crippen LogP contribution in [0.3, 0.4) is 0 Å². The molecule has 0 spiro atoms. The van der Waals surface area contributed by atoms with Crippen LogP contribution in [-0.4, -0.2) is 53.4 Å². The molecule has 1 saturated heterocycles. The number of benzene rings is 1. The standard InChI is InChI=1S/C25H37N5O.HI/c1-3-26-25(30-14-12-20(19-30)16-21-17-28-29(2)18-21)27-13-7-15-31-24-11-6-9-22-8-4-5-10-23(22)24;/h4-5,8,10,17-18,20,24H,3,6-7,9,11-16,19H2,1-2H3,(H,26,27);1H. The second-order valence-corrected chi connectivity index (χ2v) is 8.87. The van der Waals surface area contributed by atoms with Gasteiger partial charge in [-0.15, -0.1) is 24.0 Å². The van der Waals surface area contributed by atoms with Gasteiger partial charge in [0.2, 0.25) is 0 Å². The summed E-state index contributed by atoms with van der Waals surface area (Å²) >= 11 is 0. The van der Waals surface area contributed by atoms with Crippen LogP contribution in [0.15, 0.2) is 41.7 Å². The topological polar surface area (TPSA) is 54.7 Å². The van der Waals surface area contributed by atoms with Crippen molar-refractivity contribution in [1.82, 2.24) is 20.0 Å². The van der Waals surface area contributed by atoms with Crippen molar-refractivity contribution in [3.05, 3.63) is 53.3 Å². The summed E-state index contributed by atoms with van der Waals surface area (Å²) in [5, 5.41) is 7.79. The number of nitrogens with one attached hydrogen (secondary N) is 1. The highest BCUT2D eigenvalue weighted by Gasteiger charge is 2.25. The van der Waals surface area contributed by atoms with Gasteiger partial charge < -0.3 is 15.0 Å². The van der Waals surface area contributed by atoms with E-state index in [4.69, 9.17) is 9.73 Å². The number of likely N-dealkylation sites (tertiary alicyclic amines) is 1. The lowest BCUT2D eigenvalue weighted by Crippen LogP contribution is -2.40. The van der Waals surface area contributed by atoms with Gasteiger partial charge in [0.05, 0.1) is 12.3 Å². The van der Waals surface area contributed by atoms with E-state index in [0.29, 0.717) is 5.92 Å². The minimum absolute atomic E-state index is 0. The molecule has 32 heavy (non-hydrogen) atoms. The van der Waals surface area contributed by atoms with Gasteiger partial charge >= 0.3 is 0 Å². The fourth-order valence-electron chi connectivity index (χ4n) is 4.89. The number of hydrogen-bond donors (Lipinski definition) is 1. The Kier molecular flexibility index (Phi) is 9.84. The van der Waals surface area contributed by atoms with Crippen LogP contribution in [0.4, 0.5) is 0 Å². The molecule has 176 valence electrons. The van der Waals surface area contributed by atoms with Gasteiger partial charge in [-0.2, -0.15) is 5.10 Å². The van der Waals surface area contributed by atoms with Gasteiger partial charge in [-0.1, -0.05) is 24.3 Å². The zero-order chi connectivity index (χ0) is 21.5. The van der Waals surface area contributed by atoms with Crippen molar-refractivity contribution in [2.24, 2.45) is 18.0 Å². The van der Waals surface area contributed by atoms with Crippen LogP contribution < -0.4 is 5.32 Å². The van der Waals surface area contributed by atoms with Crippen molar-refractivity contribution in [1.29, 1.82) is 0 Å². The second-order valence-electron chi connectivity index (χ2n) is 8.87. The molecule has 0 radical (unpaired) electrons. The molecule has 2 unspecified atom stereocenters. The van der Waals surface area contributed by atoms with Gasteiger partial charge in [-0.05, 0) is 68.1 Å². The second kappa shape index (κ2) is 12.6. The molecule has 2 aromatic rings. The minimum atomic E-state index is 0. The summed E-state index contributed by atoms with van der Waals surface area (Å²) in [6.45, 7) is 6.76. The van der Waals surface area contributed by atoms with Crippen molar-refractivity contribution >= 4 is 29.9 Å². The summed E-state index contributed by atoms with van der Waals surface area (Å²) < 4.78 is 8.14. The number of rotatable bonds is 8. The first kappa shape index (κ1) is 25.0. The van der Waals surface area contributed by atoms with Crippen LogP contribution in [0.1, 0.15) is 55.4 Å². The van der Waals surface area contributed by atoms with Crippen LogP contribution >= 0.6 is 24.0 Å². The molecule has 0 bridgehead atoms. The third-order valence-electron chi connectivity index (χ3n) is 6.40. The summed E-state index contributed by atoms with van der Waals surface area (Å²) in [5.74, 6) is 1.72. The number of fused-ring (bicyclic) bond motifs is 1. The summed E-state index contributed by atoms with van der Waals surface area (Å²) in [4.78, 5) is 7.32. The van der Waals surface area contributed by atoms with Crippen molar-refractivity contribution in [3.63, 3.8) is 0 Å². The van der Waals surface area contributed by atoms with E-state index in [0.717, 1.165) is 58.0 Å². The Morgan fingerprint density at radius 2 is 2.16 bits per heavy atom. The van der Waals surface area contributed by atoms with Crippen molar-refractivity contribution in [2.75, 3.05) is 32.8 Å². The van der Waals surface area contributed by atoms with Crippen LogP contribution in [0.5, 0.6) is 0 Å². The molecule has 0 amide bonds. The van der Waals surface area contributed by atoms with E-state index in [1.54, 1.807) is 0 Å². The summed E-state index contributed by atoms with van der Waals surface area (Å²) in [6.07, 6.45) is 11.2. The van der Waals surface area contributed by atoms with E-state index >= 15 is 0 Å². The zero-order valence-electron chi connectivity index (χ0n) is 19.5. The SMILES string of the molecule is CCNC(=NCCCOC1CCCc2ccccc21)N1CCC(Cc2cnn(C)c2)C1.I. The Morgan fingerprint density at radius 3 is 2.97 bits per heavy atom. The highest BCUT2D eigenvalue weighted by atomic mass is 127. The molecule has 2 heterocycles. The molecule has 1 aliphatic heterocycles. The first-order valence-corrected chi connectivity index (χ1v) is 11.9. The summed E-state index contributed by atoms with van der Waals surface area (Å²) in [6, 6.07) is 8.74. The molecule has 4 rings (SSSR count). The van der Waals surface area contributed by atoms with Gasteiger partial charge in [0.15, 0.2) is 5.96 Å². The maximum atomic E-state index is 6.25. The number of nitrogens with zero attached hydrogens (tertiary/aromatic N) is 4. The first-order chi connectivity index (χ1) is 15.2. The van der Waals surface area contributed by atoms with Crippen LogP contribution in [0.2, 0.25) is 0 Å². The molecular weight excluding hydrogens is 513 g/mol. The summed E-state index contributed by atoms with van der Waals surface area (Å²) in [5.41, 5.74) is 4.18. The first-order valence-electron chi connectivity index (χ1n) is 11.9. The molecule has 1 aliphatic carbocycles. The van der Waals surface area contributed by atoms with E-state index in [9.17, 15) is 0 Å². The molecule has 0 saturated carbocycles. The van der Waals surface area contributed by atoms with E-state index in [-0.39, 0.29) is 30.1 Å². The van der Waals surface area contributed by atoms with E-state index in [1.807, 2.05) is 17.9 Å². The molecular formula is C25H38IN5O. The molecule has 1 aromatic carbocycles. The Hall–Kier alpha value is -1.61. The predicted molar refractivity (Wildman–Crippen MR) is 141 cm³/mol. The largest absolute Gasteiger partial charge is 0.373 e. The number of halogens is 1. The van der Waals surface area contributed by atoms with Crippen molar-refractivity contribution < 1.29 is 4.74 Å². The Balaban J connectivity index is 0.00000289.